The summed E-state index contributed by atoms with van der Waals surface area (Å²) in [4.78, 5) is 0. The Hall–Kier alpha value is -0.940. The summed E-state index contributed by atoms with van der Waals surface area (Å²) in [6, 6.07) is 9.24. The monoisotopic (exact) mass is 242 g/mol. The van der Waals surface area contributed by atoms with Crippen LogP contribution in [-0.4, -0.2) is 35.8 Å². The van der Waals surface area contributed by atoms with Crippen LogP contribution < -0.4 is 0 Å². The molecule has 4 nitrogen and oxygen atoms in total. The zero-order valence-corrected chi connectivity index (χ0v) is 9.24. The first-order chi connectivity index (χ1) is 9.75. The van der Waals surface area contributed by atoms with Gasteiger partial charge in [0.25, 0.3) is 0 Å². The van der Waals surface area contributed by atoms with Crippen molar-refractivity contribution in [3.8, 4) is 0 Å². The molecule has 0 aliphatic carbocycles. The lowest BCUT2D eigenvalue weighted by Crippen LogP contribution is -2.31. The molecule has 1 aromatic carbocycles. The van der Waals surface area contributed by atoms with Crippen LogP contribution in [0.3, 0.4) is 0 Å². The van der Waals surface area contributed by atoms with E-state index in [1.165, 1.54) is 0 Å². The number of aliphatic hydroxyl groups is 2. The van der Waals surface area contributed by atoms with E-state index in [1.54, 1.807) is 0 Å². The van der Waals surface area contributed by atoms with E-state index >= 15 is 0 Å². The van der Waals surface area contributed by atoms with Crippen LogP contribution in [0.15, 0.2) is 30.3 Å². The zero-order chi connectivity index (χ0) is 15.7. The van der Waals surface area contributed by atoms with Crippen LogP contribution in [-0.2, 0) is 16.1 Å². The Labute approximate surface area is 106 Å². The molecule has 0 saturated carbocycles. The van der Waals surface area contributed by atoms with Crippen molar-refractivity contribution >= 4 is 0 Å². The van der Waals surface area contributed by atoms with Crippen molar-refractivity contribution in [3.05, 3.63) is 35.9 Å². The molecule has 1 aromatic rings. The summed E-state index contributed by atoms with van der Waals surface area (Å²) >= 11 is 0. The average Bonchev–Trinajstić information content (AvgIpc) is 2.54. The lowest BCUT2D eigenvalue weighted by Gasteiger charge is -2.19. The Bertz CT molecular complexity index is 468. The molecule has 0 radical (unpaired) electrons. The Morgan fingerprint density at radius 1 is 1.47 bits per heavy atom. The van der Waals surface area contributed by atoms with E-state index in [2.05, 4.69) is 4.74 Å². The first kappa shape index (κ1) is 8.21. The van der Waals surface area contributed by atoms with Gasteiger partial charge in [0.15, 0.2) is 6.29 Å². The number of rotatable bonds is 5. The predicted molar refractivity (Wildman–Crippen MR) is 62.2 cm³/mol. The summed E-state index contributed by atoms with van der Waals surface area (Å²) < 4.78 is 40.1. The fourth-order valence-electron chi connectivity index (χ4n) is 1.57. The summed E-state index contributed by atoms with van der Waals surface area (Å²) in [5.41, 5.74) is 0.895. The van der Waals surface area contributed by atoms with Crippen LogP contribution in [0, 0.1) is 5.92 Å². The molecule has 1 aliphatic heterocycles. The molecule has 2 rings (SSSR count). The SMILES string of the molecule is [2H]C1([2H])OC(O)[C@H]([C@H](O)COCc2ccccc2)C1([2H])[2H]. The molecule has 0 bridgehead atoms. The lowest BCUT2D eigenvalue weighted by atomic mass is 10.0. The molecule has 17 heavy (non-hydrogen) atoms. The van der Waals surface area contributed by atoms with Gasteiger partial charge in [-0.15, -0.1) is 0 Å². The lowest BCUT2D eigenvalue weighted by molar-refractivity contribution is -0.117. The van der Waals surface area contributed by atoms with Gasteiger partial charge in [-0.05, 0) is 11.9 Å². The minimum absolute atomic E-state index is 0.227. The average molecular weight is 242 g/mol. The van der Waals surface area contributed by atoms with E-state index in [0.29, 0.717) is 0 Å². The Morgan fingerprint density at radius 2 is 2.24 bits per heavy atom. The predicted octanol–water partition coefficient (Wildman–Crippen LogP) is 0.919. The van der Waals surface area contributed by atoms with E-state index < -0.39 is 31.2 Å². The first-order valence-electron chi connectivity index (χ1n) is 7.41. The van der Waals surface area contributed by atoms with Gasteiger partial charge in [0.1, 0.15) is 0 Å². The third kappa shape index (κ3) is 3.51. The largest absolute Gasteiger partial charge is 0.390 e. The van der Waals surface area contributed by atoms with Gasteiger partial charge in [0.2, 0.25) is 0 Å². The van der Waals surface area contributed by atoms with Crippen molar-refractivity contribution < 1.29 is 25.2 Å². The molecule has 94 valence electrons. The standard InChI is InChI=1S/C13H18O4/c14-12(11-6-7-17-13(11)15)9-16-8-10-4-2-1-3-5-10/h1-5,11-15H,6-9H2/t11-,12+,13?/m0/s1/i6D2,7D2. The maximum absolute atomic E-state index is 9.99. The highest BCUT2D eigenvalue weighted by Crippen LogP contribution is 2.22. The van der Waals surface area contributed by atoms with E-state index in [4.69, 9.17) is 10.2 Å². The van der Waals surface area contributed by atoms with Crippen LogP contribution in [0.4, 0.5) is 0 Å². The van der Waals surface area contributed by atoms with Crippen molar-refractivity contribution in [1.29, 1.82) is 0 Å². The summed E-state index contributed by atoms with van der Waals surface area (Å²) in [5.74, 6) is -1.41. The molecular weight excluding hydrogens is 220 g/mol. The van der Waals surface area contributed by atoms with Crippen LogP contribution in [0.1, 0.15) is 17.4 Å². The van der Waals surface area contributed by atoms with Gasteiger partial charge < -0.3 is 19.7 Å². The highest BCUT2D eigenvalue weighted by molar-refractivity contribution is 5.13. The minimum Gasteiger partial charge on any atom is -0.390 e. The summed E-state index contributed by atoms with van der Waals surface area (Å²) in [6.07, 6.45) is -5.61. The van der Waals surface area contributed by atoms with E-state index in [9.17, 15) is 10.2 Å². The second kappa shape index (κ2) is 6.12. The molecular formula is C13H18O4. The molecule has 3 atom stereocenters. The van der Waals surface area contributed by atoms with E-state index in [0.717, 1.165) is 5.56 Å². The van der Waals surface area contributed by atoms with Crippen LogP contribution in [0.5, 0.6) is 0 Å². The van der Waals surface area contributed by atoms with Gasteiger partial charge in [-0.3, -0.25) is 0 Å². The molecule has 0 spiro atoms. The number of hydrogen-bond acceptors (Lipinski definition) is 4. The molecule has 0 aromatic heterocycles. The van der Waals surface area contributed by atoms with Gasteiger partial charge in [-0.25, -0.2) is 0 Å². The fourth-order valence-corrected chi connectivity index (χ4v) is 1.57. The molecule has 1 unspecified atom stereocenters. The van der Waals surface area contributed by atoms with Crippen molar-refractivity contribution in [2.24, 2.45) is 5.92 Å². The fraction of sp³-hybridized carbons (Fsp3) is 0.538. The van der Waals surface area contributed by atoms with Crippen molar-refractivity contribution in [2.75, 3.05) is 13.2 Å². The van der Waals surface area contributed by atoms with Crippen LogP contribution in [0.2, 0.25) is 0 Å². The Morgan fingerprint density at radius 3 is 2.88 bits per heavy atom. The normalized spacial score (nSPS) is 35.4. The highest BCUT2D eigenvalue weighted by Gasteiger charge is 2.32. The molecule has 0 amide bonds. The molecule has 2 N–H and O–H groups in total. The number of ether oxygens (including phenoxy) is 2. The third-order valence-corrected chi connectivity index (χ3v) is 2.53. The Balaban J connectivity index is 1.92. The van der Waals surface area contributed by atoms with Crippen molar-refractivity contribution in [3.63, 3.8) is 0 Å². The quantitative estimate of drug-likeness (QED) is 0.806. The first-order valence-corrected chi connectivity index (χ1v) is 5.41. The van der Waals surface area contributed by atoms with Crippen LogP contribution >= 0.6 is 0 Å². The summed E-state index contributed by atoms with van der Waals surface area (Å²) in [5, 5.41) is 19.6. The van der Waals surface area contributed by atoms with Gasteiger partial charge in [-0.2, -0.15) is 0 Å². The topological polar surface area (TPSA) is 58.9 Å². The third-order valence-electron chi connectivity index (χ3n) is 2.53. The second-order valence-electron chi connectivity index (χ2n) is 3.85. The van der Waals surface area contributed by atoms with E-state index in [-0.39, 0.29) is 13.2 Å². The highest BCUT2D eigenvalue weighted by atomic mass is 16.6. The van der Waals surface area contributed by atoms with Gasteiger partial charge >= 0.3 is 0 Å². The maximum atomic E-state index is 9.99. The molecule has 1 saturated heterocycles. The van der Waals surface area contributed by atoms with Crippen LogP contribution in [0.25, 0.3) is 0 Å². The maximum Gasteiger partial charge on any atom is 0.159 e. The van der Waals surface area contributed by atoms with Gasteiger partial charge in [0.05, 0.1) is 28.6 Å². The summed E-state index contributed by atoms with van der Waals surface area (Å²) in [6.45, 7) is -2.65. The zero-order valence-electron chi connectivity index (χ0n) is 13.2. The smallest absolute Gasteiger partial charge is 0.159 e. The van der Waals surface area contributed by atoms with Gasteiger partial charge in [0, 0.05) is 8.66 Å². The molecule has 1 fully saturated rings. The molecule has 4 heteroatoms. The number of benzene rings is 1. The molecule has 1 aliphatic rings. The number of aliphatic hydroxyl groups excluding tert-OH is 2. The van der Waals surface area contributed by atoms with E-state index in [1.807, 2.05) is 30.3 Å². The Kier molecular flexibility index (Phi) is 2.96. The summed E-state index contributed by atoms with van der Waals surface area (Å²) in [7, 11) is 0. The minimum atomic E-state index is -2.66. The van der Waals surface area contributed by atoms with Crippen molar-refractivity contribution in [2.45, 2.75) is 25.4 Å². The second-order valence-corrected chi connectivity index (χ2v) is 3.85. The molecule has 1 heterocycles. The van der Waals surface area contributed by atoms with Crippen molar-refractivity contribution in [1.82, 2.24) is 0 Å². The van der Waals surface area contributed by atoms with Gasteiger partial charge in [-0.1, -0.05) is 30.3 Å². The number of hydrogen-bond donors (Lipinski definition) is 2.